The summed E-state index contributed by atoms with van der Waals surface area (Å²) >= 11 is 0. The maximum atomic E-state index is 12.6. The fraction of sp³-hybridized carbons (Fsp3) is 0.762. The van der Waals surface area contributed by atoms with E-state index in [0.717, 1.165) is 0 Å². The van der Waals surface area contributed by atoms with Crippen LogP contribution in [0.15, 0.2) is 12.3 Å². The summed E-state index contributed by atoms with van der Waals surface area (Å²) in [5.41, 5.74) is -3.19. The van der Waals surface area contributed by atoms with Crippen LogP contribution in [0.25, 0.3) is 0 Å². The van der Waals surface area contributed by atoms with Gasteiger partial charge in [0.15, 0.2) is 18.3 Å². The van der Waals surface area contributed by atoms with E-state index in [1.54, 1.807) is 41.5 Å². The fourth-order valence-corrected chi connectivity index (χ4v) is 1.93. The molecule has 3 atom stereocenters. The highest BCUT2D eigenvalue weighted by Crippen LogP contribution is 2.27. The van der Waals surface area contributed by atoms with Crippen molar-refractivity contribution in [2.45, 2.75) is 80.6 Å². The van der Waals surface area contributed by atoms with Crippen molar-refractivity contribution in [3.05, 3.63) is 12.3 Å². The average molecular weight is 402 g/mol. The lowest BCUT2D eigenvalue weighted by Gasteiger charge is -2.36. The van der Waals surface area contributed by atoms with Gasteiger partial charge in [0.05, 0.1) is 22.5 Å². The van der Waals surface area contributed by atoms with Crippen LogP contribution in [-0.4, -0.2) is 42.8 Å². The van der Waals surface area contributed by atoms with Gasteiger partial charge in [-0.1, -0.05) is 0 Å². The SMILES string of the molecule is [2H]CC(C)(C)C(=O)OC[C@H]1OC=C[C@@H](OC(=O)C(C)(C)C[2H])[C@@H]1OC(=O)C(C)(C)C[2H]. The van der Waals surface area contributed by atoms with E-state index in [9.17, 15) is 14.4 Å². The Morgan fingerprint density at radius 3 is 1.93 bits per heavy atom. The summed E-state index contributed by atoms with van der Waals surface area (Å²) in [5.74, 6) is -1.94. The van der Waals surface area contributed by atoms with Crippen LogP contribution >= 0.6 is 0 Å². The number of rotatable bonds is 4. The molecule has 0 aromatic heterocycles. The minimum absolute atomic E-state index is 0.171. The van der Waals surface area contributed by atoms with E-state index in [4.69, 9.17) is 23.1 Å². The molecule has 0 N–H and O–H groups in total. The number of esters is 3. The van der Waals surface area contributed by atoms with Crippen molar-refractivity contribution in [2.24, 2.45) is 16.2 Å². The van der Waals surface area contributed by atoms with Crippen LogP contribution in [0.1, 0.15) is 66.4 Å². The predicted molar refractivity (Wildman–Crippen MR) is 103 cm³/mol. The summed E-state index contributed by atoms with van der Waals surface area (Å²) in [7, 11) is 0. The van der Waals surface area contributed by atoms with Gasteiger partial charge in [-0.05, 0) is 68.3 Å². The van der Waals surface area contributed by atoms with Gasteiger partial charge in [0, 0.05) is 4.11 Å². The zero-order chi connectivity index (χ0) is 24.0. The first-order valence-electron chi connectivity index (χ1n) is 11.1. The molecule has 1 rings (SSSR count). The average Bonchev–Trinajstić information content (AvgIpc) is 2.73. The highest BCUT2D eigenvalue weighted by Gasteiger charge is 2.42. The lowest BCUT2D eigenvalue weighted by molar-refractivity contribution is -0.191. The van der Waals surface area contributed by atoms with Crippen molar-refractivity contribution in [1.29, 1.82) is 0 Å². The van der Waals surface area contributed by atoms with Crippen LogP contribution in [0, 0.1) is 16.2 Å². The molecule has 28 heavy (non-hydrogen) atoms. The summed E-state index contributed by atoms with van der Waals surface area (Å²) in [5, 5.41) is 0. The molecule has 0 spiro atoms. The van der Waals surface area contributed by atoms with E-state index < -0.39 is 52.5 Å². The van der Waals surface area contributed by atoms with E-state index in [1.807, 2.05) is 0 Å². The van der Waals surface area contributed by atoms with E-state index in [0.29, 0.717) is 0 Å². The summed E-state index contributed by atoms with van der Waals surface area (Å²) in [6, 6.07) is 0. The van der Waals surface area contributed by atoms with E-state index in [1.165, 1.54) is 12.3 Å². The quantitative estimate of drug-likeness (QED) is 0.527. The van der Waals surface area contributed by atoms with E-state index in [-0.39, 0.29) is 27.3 Å². The van der Waals surface area contributed by atoms with E-state index >= 15 is 0 Å². The van der Waals surface area contributed by atoms with Crippen LogP contribution in [0.2, 0.25) is 0 Å². The normalized spacial score (nSPS) is 24.2. The summed E-state index contributed by atoms with van der Waals surface area (Å²) < 4.78 is 44.4. The molecule has 7 nitrogen and oxygen atoms in total. The Balaban J connectivity index is 3.09. The Hall–Kier alpha value is -2.05. The smallest absolute Gasteiger partial charge is 0.311 e. The van der Waals surface area contributed by atoms with Crippen LogP contribution in [-0.2, 0) is 33.3 Å². The molecule has 1 aliphatic rings. The van der Waals surface area contributed by atoms with Crippen LogP contribution in [0.5, 0.6) is 0 Å². The first-order chi connectivity index (χ1) is 14.2. The molecule has 0 radical (unpaired) electrons. The minimum atomic E-state index is -1.12. The molecule has 0 unspecified atom stereocenters. The van der Waals surface area contributed by atoms with Gasteiger partial charge in [0.1, 0.15) is 6.61 Å². The van der Waals surface area contributed by atoms with Gasteiger partial charge in [-0.2, -0.15) is 0 Å². The van der Waals surface area contributed by atoms with Gasteiger partial charge in [-0.3, -0.25) is 14.4 Å². The lowest BCUT2D eigenvalue weighted by atomic mass is 9.95. The van der Waals surface area contributed by atoms with Crippen LogP contribution in [0.3, 0.4) is 0 Å². The Bertz CT molecular complexity index is 688. The number of hydrogen-bond acceptors (Lipinski definition) is 7. The topological polar surface area (TPSA) is 88.1 Å². The third-order valence-corrected chi connectivity index (χ3v) is 3.73. The zero-order valence-electron chi connectivity index (χ0n) is 20.6. The Kier molecular flexibility index (Phi) is 5.87. The van der Waals surface area contributed by atoms with Crippen molar-refractivity contribution in [2.75, 3.05) is 6.61 Å². The first kappa shape index (κ1) is 19.3. The maximum Gasteiger partial charge on any atom is 0.311 e. The molecule has 0 saturated heterocycles. The van der Waals surface area contributed by atoms with Crippen LogP contribution < -0.4 is 0 Å². The minimum Gasteiger partial charge on any atom is -0.491 e. The second-order valence-corrected chi connectivity index (χ2v) is 8.99. The standard InChI is InChI=1S/C21H34O7/c1-19(2,3)16(22)26-12-14-15(28-18(24)21(7,8)9)13(10-11-25-14)27-17(23)20(4,5)6/h10-11,13-15H,12H2,1-9H3/t13-,14-,15+/m1/s1/i1D,4D,7D. The molecule has 0 aromatic carbocycles. The van der Waals surface area contributed by atoms with E-state index in [2.05, 4.69) is 0 Å². The fourth-order valence-electron chi connectivity index (χ4n) is 1.93. The first-order valence-corrected chi connectivity index (χ1v) is 9.01. The number of carbonyl (C=O) groups is 3. The number of ether oxygens (including phenoxy) is 4. The molecule has 0 aliphatic carbocycles. The summed E-state index contributed by atoms with van der Waals surface area (Å²) in [6.07, 6.45) is -0.418. The van der Waals surface area contributed by atoms with Gasteiger partial charge < -0.3 is 18.9 Å². The lowest BCUT2D eigenvalue weighted by Crippen LogP contribution is -2.50. The summed E-state index contributed by atoms with van der Waals surface area (Å²) in [4.78, 5) is 37.4. The van der Waals surface area contributed by atoms with Crippen molar-refractivity contribution in [1.82, 2.24) is 0 Å². The second-order valence-electron chi connectivity index (χ2n) is 8.99. The molecule has 0 fully saturated rings. The molecule has 0 bridgehead atoms. The molecular weight excluding hydrogens is 364 g/mol. The van der Waals surface area contributed by atoms with Crippen molar-refractivity contribution in [3.8, 4) is 0 Å². The van der Waals surface area contributed by atoms with Gasteiger partial charge >= 0.3 is 17.9 Å². The van der Waals surface area contributed by atoms with Gasteiger partial charge in [0.2, 0.25) is 0 Å². The highest BCUT2D eigenvalue weighted by molar-refractivity contribution is 5.77. The van der Waals surface area contributed by atoms with Crippen molar-refractivity contribution < 1.29 is 37.4 Å². The maximum absolute atomic E-state index is 12.6. The highest BCUT2D eigenvalue weighted by atomic mass is 16.6. The van der Waals surface area contributed by atoms with Gasteiger partial charge in [0.25, 0.3) is 0 Å². The van der Waals surface area contributed by atoms with Crippen molar-refractivity contribution >= 4 is 17.9 Å². The molecule has 7 heteroatoms. The third-order valence-electron chi connectivity index (χ3n) is 3.73. The number of carbonyl (C=O) groups excluding carboxylic acids is 3. The molecule has 160 valence electrons. The molecular formula is C21H34O7. The molecule has 1 aliphatic heterocycles. The van der Waals surface area contributed by atoms with Crippen molar-refractivity contribution in [3.63, 3.8) is 0 Å². The Labute approximate surface area is 171 Å². The number of hydrogen-bond donors (Lipinski definition) is 0. The Morgan fingerprint density at radius 2 is 1.39 bits per heavy atom. The largest absolute Gasteiger partial charge is 0.491 e. The zero-order valence-corrected chi connectivity index (χ0v) is 17.6. The van der Waals surface area contributed by atoms with Gasteiger partial charge in [-0.15, -0.1) is 0 Å². The monoisotopic (exact) mass is 401 g/mol. The van der Waals surface area contributed by atoms with Gasteiger partial charge in [-0.25, -0.2) is 0 Å². The van der Waals surface area contributed by atoms with Crippen LogP contribution in [0.4, 0.5) is 0 Å². The Morgan fingerprint density at radius 1 is 0.893 bits per heavy atom. The predicted octanol–water partition coefficient (Wildman–Crippen LogP) is 3.40. The molecule has 0 amide bonds. The molecule has 0 aromatic rings. The summed E-state index contributed by atoms with van der Waals surface area (Å²) in [6.45, 7) is 8.52. The second kappa shape index (κ2) is 8.53. The molecule has 1 heterocycles. The molecule has 0 saturated carbocycles. The third kappa shape index (κ3) is 6.84.